The second-order valence-corrected chi connectivity index (χ2v) is 10.8. The maximum Gasteiger partial charge on any atom is 0.174 e. The molecule has 0 saturated heterocycles. The third-order valence-corrected chi connectivity index (χ3v) is 7.12. The van der Waals surface area contributed by atoms with E-state index in [1.54, 1.807) is 24.3 Å². The number of phenols is 2. The number of aryl methyl sites for hydroxylation is 2. The van der Waals surface area contributed by atoms with Gasteiger partial charge in [0.2, 0.25) is 0 Å². The Morgan fingerprint density at radius 1 is 0.652 bits per heavy atom. The lowest BCUT2D eigenvalue weighted by atomic mass is 10.0. The zero-order chi connectivity index (χ0) is 33.3. The van der Waals surface area contributed by atoms with Gasteiger partial charge in [-0.3, -0.25) is 9.59 Å². The number of rotatable bonds is 18. The second kappa shape index (κ2) is 18.8. The minimum atomic E-state index is -0.147. The summed E-state index contributed by atoms with van der Waals surface area (Å²) in [7, 11) is 0. The highest BCUT2D eigenvalue weighted by Gasteiger charge is 2.17. The molecule has 2 aromatic heterocycles. The number of Topliss-reactive ketones (excluding diaryl/α,β-unsaturated/α-hetero) is 2. The van der Waals surface area contributed by atoms with Crippen LogP contribution in [0.5, 0.6) is 23.0 Å². The Morgan fingerprint density at radius 2 is 1.07 bits per heavy atom. The molecule has 0 bridgehead atoms. The SMILES string of the molecule is CCCc1c(OCCCCc2nn[nH]n2)ccc(C(C)=O)c1O.CCCc1c(OCCCCc2nn[nH]n2)ccc(C(C)=O)c1O. The smallest absolute Gasteiger partial charge is 0.174 e. The van der Waals surface area contributed by atoms with Crippen molar-refractivity contribution < 1.29 is 29.3 Å². The van der Waals surface area contributed by atoms with Crippen molar-refractivity contribution in [1.82, 2.24) is 41.2 Å². The van der Waals surface area contributed by atoms with E-state index >= 15 is 0 Å². The highest BCUT2D eigenvalue weighted by molar-refractivity contribution is 5.98. The number of hydrogen-bond acceptors (Lipinski definition) is 12. The van der Waals surface area contributed by atoms with Gasteiger partial charge in [-0.2, -0.15) is 10.4 Å². The highest BCUT2D eigenvalue weighted by Crippen LogP contribution is 2.34. The Hall–Kier alpha value is -4.88. The van der Waals surface area contributed by atoms with Crippen LogP contribution in [0.2, 0.25) is 0 Å². The van der Waals surface area contributed by atoms with E-state index in [1.165, 1.54) is 13.8 Å². The van der Waals surface area contributed by atoms with Crippen molar-refractivity contribution in [2.45, 2.75) is 91.9 Å². The first-order valence-electron chi connectivity index (χ1n) is 15.7. The molecule has 14 heteroatoms. The molecule has 14 nitrogen and oxygen atoms in total. The quantitative estimate of drug-likeness (QED) is 0.0849. The Morgan fingerprint density at radius 3 is 1.39 bits per heavy atom. The fraction of sp³-hybridized carbons (Fsp3) is 0.500. The third kappa shape index (κ3) is 10.6. The topological polar surface area (TPSA) is 202 Å². The molecule has 0 spiro atoms. The summed E-state index contributed by atoms with van der Waals surface area (Å²) < 4.78 is 11.6. The molecular formula is C32H44N8O6. The molecule has 2 heterocycles. The number of ketones is 2. The van der Waals surface area contributed by atoms with E-state index in [4.69, 9.17) is 9.47 Å². The molecule has 0 radical (unpaired) electrons. The number of benzene rings is 2. The Kier molecular flexibility index (Phi) is 14.6. The van der Waals surface area contributed by atoms with Crippen LogP contribution in [-0.2, 0) is 25.7 Å². The molecule has 4 N–H and O–H groups in total. The van der Waals surface area contributed by atoms with Crippen molar-refractivity contribution in [2.75, 3.05) is 13.2 Å². The van der Waals surface area contributed by atoms with Gasteiger partial charge in [0.1, 0.15) is 23.0 Å². The summed E-state index contributed by atoms with van der Waals surface area (Å²) in [5, 5.41) is 48.0. The lowest BCUT2D eigenvalue weighted by Crippen LogP contribution is -2.04. The van der Waals surface area contributed by atoms with Crippen LogP contribution >= 0.6 is 0 Å². The van der Waals surface area contributed by atoms with Gasteiger partial charge in [0.25, 0.3) is 0 Å². The lowest BCUT2D eigenvalue weighted by molar-refractivity contribution is 0.100. The van der Waals surface area contributed by atoms with Gasteiger partial charge in [-0.25, -0.2) is 0 Å². The van der Waals surface area contributed by atoms with E-state index < -0.39 is 0 Å². The Balaban J connectivity index is 0.000000250. The molecule has 0 atom stereocenters. The van der Waals surface area contributed by atoms with Gasteiger partial charge < -0.3 is 19.7 Å². The van der Waals surface area contributed by atoms with Crippen molar-refractivity contribution in [3.05, 3.63) is 58.2 Å². The van der Waals surface area contributed by atoms with E-state index in [0.29, 0.717) is 71.5 Å². The maximum absolute atomic E-state index is 11.5. The van der Waals surface area contributed by atoms with Crippen molar-refractivity contribution in [1.29, 1.82) is 0 Å². The highest BCUT2D eigenvalue weighted by atomic mass is 16.5. The van der Waals surface area contributed by atoms with Crippen LogP contribution < -0.4 is 9.47 Å². The molecule has 4 aromatic rings. The third-order valence-electron chi connectivity index (χ3n) is 7.12. The lowest BCUT2D eigenvalue weighted by Gasteiger charge is -2.14. The molecule has 0 saturated carbocycles. The number of carbonyl (C=O) groups excluding carboxylic acids is 2. The number of ether oxygens (including phenoxy) is 2. The second-order valence-electron chi connectivity index (χ2n) is 10.8. The first-order valence-corrected chi connectivity index (χ1v) is 15.7. The van der Waals surface area contributed by atoms with Gasteiger partial charge in [0.05, 0.1) is 24.3 Å². The normalized spacial score (nSPS) is 10.7. The van der Waals surface area contributed by atoms with Gasteiger partial charge in [0, 0.05) is 24.0 Å². The minimum absolute atomic E-state index is 0.0450. The molecule has 248 valence electrons. The summed E-state index contributed by atoms with van der Waals surface area (Å²) >= 11 is 0. The summed E-state index contributed by atoms with van der Waals surface area (Å²) in [6.45, 7) is 8.01. The molecule has 0 aliphatic rings. The van der Waals surface area contributed by atoms with Crippen LogP contribution in [0.25, 0.3) is 0 Å². The molecule has 2 aromatic carbocycles. The maximum atomic E-state index is 11.5. The average Bonchev–Trinajstić information content (AvgIpc) is 3.75. The van der Waals surface area contributed by atoms with Crippen molar-refractivity contribution in [3.8, 4) is 23.0 Å². The number of tetrazole rings is 2. The fourth-order valence-electron chi connectivity index (χ4n) is 4.77. The molecule has 4 rings (SSSR count). The van der Waals surface area contributed by atoms with Crippen molar-refractivity contribution >= 4 is 11.6 Å². The number of unbranched alkanes of at least 4 members (excludes halogenated alkanes) is 2. The molecule has 46 heavy (non-hydrogen) atoms. The number of nitrogens with zero attached hydrogens (tertiary/aromatic N) is 6. The number of aromatic amines is 2. The van der Waals surface area contributed by atoms with Crippen LogP contribution in [-0.4, -0.2) is 76.2 Å². The van der Waals surface area contributed by atoms with E-state index in [1.807, 2.05) is 13.8 Å². The van der Waals surface area contributed by atoms with Gasteiger partial charge in [-0.15, -0.1) is 20.4 Å². The first kappa shape index (κ1) is 35.6. The number of H-pyrrole nitrogens is 2. The first-order chi connectivity index (χ1) is 22.3. The van der Waals surface area contributed by atoms with E-state index in [2.05, 4.69) is 41.2 Å². The summed E-state index contributed by atoms with van der Waals surface area (Å²) in [5.41, 5.74) is 2.10. The molecule has 0 aliphatic heterocycles. The monoisotopic (exact) mass is 636 g/mol. The van der Waals surface area contributed by atoms with Crippen LogP contribution in [0.15, 0.2) is 24.3 Å². The summed E-state index contributed by atoms with van der Waals surface area (Å²) in [4.78, 5) is 23.1. The Labute approximate surface area is 268 Å². The zero-order valence-electron chi connectivity index (χ0n) is 27.0. The number of phenolic OH excluding ortho intramolecular Hbond substituents is 2. The molecule has 0 fully saturated rings. The minimum Gasteiger partial charge on any atom is -0.507 e. The standard InChI is InChI=1S/2C16H22N4O3/c2*1-3-6-13-14(9-8-12(11(2)21)16(13)22)23-10-5-4-7-15-17-19-20-18-15/h2*8-9,22H,3-7,10H2,1-2H3,(H,17,18,19,20). The van der Waals surface area contributed by atoms with Crippen LogP contribution in [0.4, 0.5) is 0 Å². The summed E-state index contributed by atoms with van der Waals surface area (Å²) in [6, 6.07) is 6.76. The summed E-state index contributed by atoms with van der Waals surface area (Å²) in [5.74, 6) is 2.48. The predicted octanol–water partition coefficient (Wildman–Crippen LogP) is 4.92. The summed E-state index contributed by atoms with van der Waals surface area (Å²) in [6.07, 6.45) is 8.03. The molecule has 0 aliphatic carbocycles. The molecule has 0 unspecified atom stereocenters. The zero-order valence-corrected chi connectivity index (χ0v) is 27.0. The van der Waals surface area contributed by atoms with Gasteiger partial charge in [0.15, 0.2) is 23.2 Å². The van der Waals surface area contributed by atoms with Gasteiger partial charge in [-0.1, -0.05) is 37.1 Å². The fourth-order valence-corrected chi connectivity index (χ4v) is 4.77. The number of hydrogen-bond donors (Lipinski definition) is 4. The average molecular weight is 637 g/mol. The number of carbonyl (C=O) groups is 2. The number of aromatic hydroxyl groups is 2. The molecule has 0 amide bonds. The number of nitrogens with one attached hydrogen (secondary N) is 2. The van der Waals surface area contributed by atoms with Crippen molar-refractivity contribution in [3.63, 3.8) is 0 Å². The van der Waals surface area contributed by atoms with Crippen LogP contribution in [0.1, 0.15) is 110 Å². The van der Waals surface area contributed by atoms with E-state index in [9.17, 15) is 19.8 Å². The van der Waals surface area contributed by atoms with Crippen molar-refractivity contribution in [2.24, 2.45) is 0 Å². The Bertz CT molecular complexity index is 1400. The van der Waals surface area contributed by atoms with Gasteiger partial charge in [-0.05, 0) is 76.6 Å². The van der Waals surface area contributed by atoms with Crippen LogP contribution in [0.3, 0.4) is 0 Å². The van der Waals surface area contributed by atoms with E-state index in [-0.39, 0.29) is 23.1 Å². The number of aromatic nitrogens is 8. The largest absolute Gasteiger partial charge is 0.507 e. The van der Waals surface area contributed by atoms with E-state index in [0.717, 1.165) is 51.4 Å². The molecular weight excluding hydrogens is 592 g/mol. The van der Waals surface area contributed by atoms with Gasteiger partial charge >= 0.3 is 0 Å². The predicted molar refractivity (Wildman–Crippen MR) is 169 cm³/mol. The van der Waals surface area contributed by atoms with Crippen LogP contribution in [0, 0.1) is 0 Å².